The van der Waals surface area contributed by atoms with Gasteiger partial charge in [-0.15, -0.1) is 11.3 Å². The summed E-state index contributed by atoms with van der Waals surface area (Å²) < 4.78 is 56.9. The van der Waals surface area contributed by atoms with E-state index in [0.717, 1.165) is 16.9 Å². The molecule has 2 unspecified atom stereocenters. The van der Waals surface area contributed by atoms with E-state index in [1.807, 2.05) is 6.92 Å². The van der Waals surface area contributed by atoms with Crippen molar-refractivity contribution in [2.75, 3.05) is 26.3 Å². The average molecular weight is 701 g/mol. The van der Waals surface area contributed by atoms with Gasteiger partial charge in [-0.3, -0.25) is 4.90 Å². The number of carboxylic acid groups (broad SMARTS) is 1. The summed E-state index contributed by atoms with van der Waals surface area (Å²) in [6, 6.07) is 5.95. The number of hydrogen-bond acceptors (Lipinski definition) is 10. The van der Waals surface area contributed by atoms with Gasteiger partial charge in [-0.05, 0) is 51.3 Å². The van der Waals surface area contributed by atoms with Crippen molar-refractivity contribution in [3.63, 3.8) is 0 Å². The topological polar surface area (TPSA) is 146 Å². The van der Waals surface area contributed by atoms with Crippen LogP contribution in [-0.4, -0.2) is 86.0 Å². The third-order valence-corrected chi connectivity index (χ3v) is 9.97. The molecule has 1 saturated heterocycles. The molecule has 0 bridgehead atoms. The molecule has 1 aromatic carbocycles. The molecule has 0 saturated carbocycles. The number of carbonyl (C=O) groups excluding carboxylic acids is 1. The Morgan fingerprint density at radius 3 is 2.60 bits per heavy atom. The number of piperidine rings is 1. The number of carbonyl (C=O) groups is 2. The molecule has 3 aromatic rings. The van der Waals surface area contributed by atoms with Crippen LogP contribution in [0.5, 0.6) is 0 Å². The summed E-state index contributed by atoms with van der Waals surface area (Å²) in [5, 5.41) is 35.6. The van der Waals surface area contributed by atoms with E-state index in [-0.39, 0.29) is 24.4 Å². The highest BCUT2D eigenvalue weighted by Gasteiger charge is 2.51. The monoisotopic (exact) mass is 700 g/mol. The second-order valence-corrected chi connectivity index (χ2v) is 14.2. The Hall–Kier alpha value is -3.05. The first-order valence-corrected chi connectivity index (χ1v) is 16.1. The summed E-state index contributed by atoms with van der Waals surface area (Å²) in [5.41, 5.74) is 0.603. The van der Waals surface area contributed by atoms with Crippen LogP contribution in [0.15, 0.2) is 30.5 Å². The molecule has 1 spiro atoms. The maximum absolute atomic E-state index is 15.3. The number of esters is 1. The number of carboxylic acids is 1. The highest BCUT2D eigenvalue weighted by molar-refractivity contribution is 7.16. The van der Waals surface area contributed by atoms with E-state index >= 15 is 4.39 Å². The van der Waals surface area contributed by atoms with Crippen molar-refractivity contribution < 1.29 is 47.6 Å². The number of aliphatic carboxylic acids is 1. The molecule has 2 aliphatic heterocycles. The van der Waals surface area contributed by atoms with E-state index < -0.39 is 53.6 Å². The lowest BCUT2D eigenvalue weighted by Crippen LogP contribution is -2.48. The molecule has 2 aliphatic rings. The number of nitrogens with one attached hydrogen (secondary N) is 1. The van der Waals surface area contributed by atoms with Crippen molar-refractivity contribution in [3.8, 4) is 5.69 Å². The predicted octanol–water partition coefficient (Wildman–Crippen LogP) is 3.87. The predicted molar refractivity (Wildman–Crippen MR) is 165 cm³/mol. The fourth-order valence-corrected chi connectivity index (χ4v) is 7.22. The Balaban J connectivity index is 1.23. The van der Waals surface area contributed by atoms with Crippen LogP contribution in [0.25, 0.3) is 5.69 Å². The minimum Gasteiger partial charge on any atom is -0.479 e. The van der Waals surface area contributed by atoms with E-state index in [1.54, 1.807) is 32.2 Å². The number of thiophene rings is 1. The molecule has 11 nitrogen and oxygen atoms in total. The van der Waals surface area contributed by atoms with Gasteiger partial charge in [0.1, 0.15) is 30.3 Å². The Bertz CT molecular complexity index is 1640. The van der Waals surface area contributed by atoms with E-state index in [1.165, 1.54) is 16.8 Å². The zero-order valence-electron chi connectivity index (χ0n) is 25.9. The number of likely N-dealkylation sites (tertiary alicyclic amines) is 1. The second kappa shape index (κ2) is 13.5. The summed E-state index contributed by atoms with van der Waals surface area (Å²) >= 11 is 7.28. The highest BCUT2D eigenvalue weighted by atomic mass is 35.5. The number of nitrogens with zero attached hydrogens (tertiary/aromatic N) is 3. The van der Waals surface area contributed by atoms with E-state index in [2.05, 4.69) is 15.3 Å². The standard InChI is InChI=1S/C31H36ClF3N4O7S/c1-17-19(13-38-9-7-30(8-10-38)26-20(11-22(32)47-26)31(34,35)16-46-30)14-39(37-17)23-18(5-4-6-21(23)33)12-36-29(2,3)15-45-28(44)25(41)24(40)27(42)43/h4-6,11,14,24-25,36,40-41H,7-10,12-13,15-16H2,1-3H3,(H,42,43). The SMILES string of the molecule is Cc1nn(-c2c(F)cccc2CNC(C)(C)COC(=O)C(O)C(O)C(=O)O)cc1CN1CCC2(CC1)OCC(F)(F)c1cc(Cl)sc12. The van der Waals surface area contributed by atoms with Gasteiger partial charge >= 0.3 is 11.9 Å². The van der Waals surface area contributed by atoms with Crippen LogP contribution in [0, 0.1) is 12.7 Å². The average Bonchev–Trinajstić information content (AvgIpc) is 3.60. The first-order valence-electron chi connectivity index (χ1n) is 14.9. The number of aromatic nitrogens is 2. The number of para-hydroxylation sites is 1. The van der Waals surface area contributed by atoms with Gasteiger partial charge in [0.05, 0.1) is 10.0 Å². The number of ether oxygens (including phenoxy) is 2. The Morgan fingerprint density at radius 2 is 1.91 bits per heavy atom. The molecule has 4 heterocycles. The summed E-state index contributed by atoms with van der Waals surface area (Å²) in [7, 11) is 0. The largest absolute Gasteiger partial charge is 0.479 e. The van der Waals surface area contributed by atoms with Crippen molar-refractivity contribution in [3.05, 3.63) is 67.9 Å². The van der Waals surface area contributed by atoms with Crippen molar-refractivity contribution >= 4 is 34.9 Å². The minimum atomic E-state index is -3.08. The fraction of sp³-hybridized carbons (Fsp3) is 0.516. The number of fused-ring (bicyclic) bond motifs is 2. The molecule has 16 heteroatoms. The van der Waals surface area contributed by atoms with Gasteiger partial charge in [0.25, 0.3) is 5.92 Å². The van der Waals surface area contributed by atoms with Crippen LogP contribution < -0.4 is 5.32 Å². The van der Waals surface area contributed by atoms with Gasteiger partial charge in [-0.2, -0.15) is 13.9 Å². The molecule has 47 heavy (non-hydrogen) atoms. The van der Waals surface area contributed by atoms with Crippen LogP contribution in [0.1, 0.15) is 54.0 Å². The smallest absolute Gasteiger partial charge is 0.338 e. The summed E-state index contributed by atoms with van der Waals surface area (Å²) in [6.45, 7) is 6.07. The van der Waals surface area contributed by atoms with Gasteiger partial charge in [-0.25, -0.2) is 18.7 Å². The first-order chi connectivity index (χ1) is 22.0. The van der Waals surface area contributed by atoms with Crippen molar-refractivity contribution in [1.29, 1.82) is 0 Å². The van der Waals surface area contributed by atoms with Crippen molar-refractivity contribution in [2.24, 2.45) is 0 Å². The number of alkyl halides is 2. The number of halogens is 4. The Labute approximate surface area is 277 Å². The van der Waals surface area contributed by atoms with E-state index in [9.17, 15) is 28.6 Å². The van der Waals surface area contributed by atoms with Crippen molar-refractivity contribution in [1.82, 2.24) is 20.0 Å². The zero-order valence-corrected chi connectivity index (χ0v) is 27.5. The van der Waals surface area contributed by atoms with Gasteiger partial charge in [0.15, 0.2) is 12.2 Å². The quantitative estimate of drug-likeness (QED) is 0.218. The van der Waals surface area contributed by atoms with Gasteiger partial charge < -0.3 is 30.1 Å². The third kappa shape index (κ3) is 7.51. The number of aliphatic hydroxyl groups is 2. The molecule has 1 fully saturated rings. The van der Waals surface area contributed by atoms with Crippen LogP contribution in [0.4, 0.5) is 13.2 Å². The molecule has 2 aromatic heterocycles. The van der Waals surface area contributed by atoms with Gasteiger partial charge in [0.2, 0.25) is 0 Å². The second-order valence-electron chi connectivity index (χ2n) is 12.6. The molecule has 0 aliphatic carbocycles. The Kier molecular flexibility index (Phi) is 10.1. The third-order valence-electron chi connectivity index (χ3n) is 8.52. The number of hydrogen-bond donors (Lipinski definition) is 4. The fourth-order valence-electron chi connectivity index (χ4n) is 5.74. The molecule has 0 radical (unpaired) electrons. The molecular formula is C31H36ClF3N4O7S. The molecule has 2 atom stereocenters. The molecule has 4 N–H and O–H groups in total. The lowest BCUT2D eigenvalue weighted by Gasteiger charge is -2.45. The van der Waals surface area contributed by atoms with Crippen LogP contribution >= 0.6 is 22.9 Å². The van der Waals surface area contributed by atoms with Crippen molar-refractivity contribution in [2.45, 2.75) is 76.0 Å². The summed E-state index contributed by atoms with van der Waals surface area (Å²) in [5.74, 6) is -6.64. The van der Waals surface area contributed by atoms with Gasteiger partial charge in [-0.1, -0.05) is 23.7 Å². The number of aliphatic hydroxyl groups excluding tert-OH is 2. The number of aryl methyl sites for hydroxylation is 1. The molecular weight excluding hydrogens is 665 g/mol. The van der Waals surface area contributed by atoms with Crippen LogP contribution in [0.3, 0.4) is 0 Å². The first kappa shape index (κ1) is 35.3. The number of benzene rings is 1. The van der Waals surface area contributed by atoms with E-state index in [4.69, 9.17) is 26.2 Å². The summed E-state index contributed by atoms with van der Waals surface area (Å²) in [6.07, 6.45) is -1.76. The minimum absolute atomic E-state index is 0.0433. The lowest BCUT2D eigenvalue weighted by atomic mass is 9.84. The summed E-state index contributed by atoms with van der Waals surface area (Å²) in [4.78, 5) is 25.5. The normalized spacial score (nSPS) is 18.9. The molecule has 0 amide bonds. The van der Waals surface area contributed by atoms with E-state index in [0.29, 0.717) is 52.9 Å². The molecule has 256 valence electrons. The number of rotatable bonds is 11. The maximum atomic E-state index is 15.3. The zero-order chi connectivity index (χ0) is 34.3. The van der Waals surface area contributed by atoms with Crippen LogP contribution in [0.2, 0.25) is 4.34 Å². The highest BCUT2D eigenvalue weighted by Crippen LogP contribution is 2.52. The van der Waals surface area contributed by atoms with Crippen LogP contribution in [-0.2, 0) is 43.7 Å². The maximum Gasteiger partial charge on any atom is 0.338 e. The molecule has 5 rings (SSSR count). The lowest BCUT2D eigenvalue weighted by molar-refractivity contribution is -0.182. The van der Waals surface area contributed by atoms with Gasteiger partial charge in [0, 0.05) is 53.9 Å². The Morgan fingerprint density at radius 1 is 1.21 bits per heavy atom.